The zero-order valence-corrected chi connectivity index (χ0v) is 13.5. The van der Waals surface area contributed by atoms with Crippen molar-refractivity contribution in [3.05, 3.63) is 71.8 Å². The number of sulfonamides is 1. The van der Waals surface area contributed by atoms with Gasteiger partial charge in [0.1, 0.15) is 6.33 Å². The lowest BCUT2D eigenvalue weighted by atomic mass is 10.3. The maximum absolute atomic E-state index is 12.3. The molecule has 0 aliphatic rings. The SMILES string of the molecule is O=S(=O)(NCc1nncn1-c1ccccc1)c1cccc(Cl)c1. The molecule has 118 valence electrons. The Labute approximate surface area is 138 Å². The first-order valence-electron chi connectivity index (χ1n) is 6.76. The van der Waals surface area contributed by atoms with E-state index in [0.717, 1.165) is 5.69 Å². The predicted octanol–water partition coefficient (Wildman–Crippen LogP) is 2.40. The Bertz CT molecular complexity index is 910. The summed E-state index contributed by atoms with van der Waals surface area (Å²) in [5.74, 6) is 0.488. The molecule has 0 aliphatic carbocycles. The van der Waals surface area contributed by atoms with Gasteiger partial charge in [0, 0.05) is 10.7 Å². The number of aromatic nitrogens is 3. The monoisotopic (exact) mass is 348 g/mol. The normalized spacial score (nSPS) is 11.5. The molecule has 3 rings (SSSR count). The van der Waals surface area contributed by atoms with E-state index in [-0.39, 0.29) is 11.4 Å². The molecule has 0 radical (unpaired) electrons. The fraction of sp³-hybridized carbons (Fsp3) is 0.0667. The van der Waals surface area contributed by atoms with E-state index in [1.807, 2.05) is 30.3 Å². The molecule has 0 fully saturated rings. The van der Waals surface area contributed by atoms with Crippen molar-refractivity contribution in [2.45, 2.75) is 11.4 Å². The quantitative estimate of drug-likeness (QED) is 0.768. The molecule has 0 spiro atoms. The number of halogens is 1. The summed E-state index contributed by atoms with van der Waals surface area (Å²) in [6, 6.07) is 15.5. The average molecular weight is 349 g/mol. The molecule has 0 atom stereocenters. The van der Waals surface area contributed by atoms with E-state index in [9.17, 15) is 8.42 Å². The van der Waals surface area contributed by atoms with Crippen LogP contribution >= 0.6 is 11.6 Å². The Kier molecular flexibility index (Phi) is 4.42. The van der Waals surface area contributed by atoms with Crippen LogP contribution in [0.1, 0.15) is 5.82 Å². The van der Waals surface area contributed by atoms with Crippen LogP contribution in [0, 0.1) is 0 Å². The third kappa shape index (κ3) is 3.58. The van der Waals surface area contributed by atoms with E-state index in [2.05, 4.69) is 14.9 Å². The van der Waals surface area contributed by atoms with Gasteiger partial charge in [-0.25, -0.2) is 13.1 Å². The third-order valence-corrected chi connectivity index (χ3v) is 4.81. The van der Waals surface area contributed by atoms with Crippen LogP contribution in [-0.4, -0.2) is 23.2 Å². The molecule has 0 saturated heterocycles. The topological polar surface area (TPSA) is 76.9 Å². The summed E-state index contributed by atoms with van der Waals surface area (Å²) in [5.41, 5.74) is 0.856. The van der Waals surface area contributed by atoms with E-state index >= 15 is 0 Å². The number of para-hydroxylation sites is 1. The average Bonchev–Trinajstić information content (AvgIpc) is 3.02. The van der Waals surface area contributed by atoms with Gasteiger partial charge in [0.25, 0.3) is 0 Å². The smallest absolute Gasteiger partial charge is 0.241 e. The van der Waals surface area contributed by atoms with Crippen LogP contribution in [0.4, 0.5) is 0 Å². The molecule has 0 saturated carbocycles. The van der Waals surface area contributed by atoms with E-state index in [4.69, 9.17) is 11.6 Å². The molecule has 3 aromatic rings. The zero-order chi connectivity index (χ0) is 16.3. The van der Waals surface area contributed by atoms with E-state index in [1.165, 1.54) is 12.1 Å². The molecule has 23 heavy (non-hydrogen) atoms. The lowest BCUT2D eigenvalue weighted by Crippen LogP contribution is -2.24. The fourth-order valence-corrected chi connectivity index (χ4v) is 3.34. The molecule has 8 heteroatoms. The fourth-order valence-electron chi connectivity index (χ4n) is 2.06. The number of nitrogens with zero attached hydrogens (tertiary/aromatic N) is 3. The van der Waals surface area contributed by atoms with Gasteiger partial charge in [0.05, 0.1) is 11.4 Å². The van der Waals surface area contributed by atoms with Gasteiger partial charge in [-0.1, -0.05) is 35.9 Å². The van der Waals surface area contributed by atoms with Crippen LogP contribution in [0.5, 0.6) is 0 Å². The second kappa shape index (κ2) is 6.49. The van der Waals surface area contributed by atoms with Gasteiger partial charge in [0.15, 0.2) is 5.82 Å². The van der Waals surface area contributed by atoms with Crippen molar-refractivity contribution in [2.24, 2.45) is 0 Å². The van der Waals surface area contributed by atoms with Crippen LogP contribution < -0.4 is 4.72 Å². The highest BCUT2D eigenvalue weighted by Crippen LogP contribution is 2.16. The molecule has 6 nitrogen and oxygen atoms in total. The first-order valence-corrected chi connectivity index (χ1v) is 8.62. The highest BCUT2D eigenvalue weighted by molar-refractivity contribution is 7.89. The Hall–Kier alpha value is -2.22. The van der Waals surface area contributed by atoms with Crippen molar-refractivity contribution in [1.82, 2.24) is 19.5 Å². The Morgan fingerprint density at radius 3 is 2.61 bits per heavy atom. The summed E-state index contributed by atoms with van der Waals surface area (Å²) in [5, 5.41) is 8.17. The highest BCUT2D eigenvalue weighted by atomic mass is 35.5. The maximum Gasteiger partial charge on any atom is 0.241 e. The maximum atomic E-state index is 12.3. The molecule has 1 aromatic heterocycles. The summed E-state index contributed by atoms with van der Waals surface area (Å²) in [6.07, 6.45) is 1.54. The third-order valence-electron chi connectivity index (χ3n) is 3.18. The second-order valence-corrected chi connectivity index (χ2v) is 6.94. The molecule has 0 bridgehead atoms. The summed E-state index contributed by atoms with van der Waals surface area (Å²) < 4.78 is 28.8. The molecule has 2 aromatic carbocycles. The second-order valence-electron chi connectivity index (χ2n) is 4.73. The van der Waals surface area contributed by atoms with E-state index in [1.54, 1.807) is 23.0 Å². The molecular formula is C15H13ClN4O2S. The van der Waals surface area contributed by atoms with Crippen molar-refractivity contribution in [3.63, 3.8) is 0 Å². The van der Waals surface area contributed by atoms with Crippen molar-refractivity contribution in [1.29, 1.82) is 0 Å². The Morgan fingerprint density at radius 1 is 1.09 bits per heavy atom. The number of nitrogens with one attached hydrogen (secondary N) is 1. The van der Waals surface area contributed by atoms with Gasteiger partial charge in [-0.3, -0.25) is 4.57 Å². The summed E-state index contributed by atoms with van der Waals surface area (Å²) in [7, 11) is -3.67. The summed E-state index contributed by atoms with van der Waals surface area (Å²) in [6.45, 7) is 0.0176. The van der Waals surface area contributed by atoms with Gasteiger partial charge in [0.2, 0.25) is 10.0 Å². The summed E-state index contributed by atoms with van der Waals surface area (Å²) >= 11 is 5.84. The van der Waals surface area contributed by atoms with Crippen molar-refractivity contribution < 1.29 is 8.42 Å². The van der Waals surface area contributed by atoms with Crippen LogP contribution in [-0.2, 0) is 16.6 Å². The minimum absolute atomic E-state index is 0.0176. The van der Waals surface area contributed by atoms with E-state index in [0.29, 0.717) is 10.8 Å². The number of benzene rings is 2. The van der Waals surface area contributed by atoms with Crippen LogP contribution in [0.2, 0.25) is 5.02 Å². The molecular weight excluding hydrogens is 336 g/mol. The Balaban J connectivity index is 1.81. The first kappa shape index (κ1) is 15.7. The van der Waals surface area contributed by atoms with E-state index < -0.39 is 10.0 Å². The van der Waals surface area contributed by atoms with Crippen molar-refractivity contribution in [2.75, 3.05) is 0 Å². The van der Waals surface area contributed by atoms with Gasteiger partial charge in [-0.2, -0.15) is 0 Å². The zero-order valence-electron chi connectivity index (χ0n) is 11.9. The molecule has 0 amide bonds. The van der Waals surface area contributed by atoms with Crippen LogP contribution in [0.15, 0.2) is 65.8 Å². The predicted molar refractivity (Wildman–Crippen MR) is 86.8 cm³/mol. The first-order chi connectivity index (χ1) is 11.1. The minimum Gasteiger partial charge on any atom is -0.285 e. The highest BCUT2D eigenvalue weighted by Gasteiger charge is 2.16. The van der Waals surface area contributed by atoms with Crippen LogP contribution in [0.3, 0.4) is 0 Å². The Morgan fingerprint density at radius 2 is 1.87 bits per heavy atom. The summed E-state index contributed by atoms with van der Waals surface area (Å²) in [4.78, 5) is 0.107. The van der Waals surface area contributed by atoms with Gasteiger partial charge >= 0.3 is 0 Å². The van der Waals surface area contributed by atoms with Gasteiger partial charge in [-0.15, -0.1) is 10.2 Å². The molecule has 1 N–H and O–H groups in total. The molecule has 0 aliphatic heterocycles. The minimum atomic E-state index is -3.67. The van der Waals surface area contributed by atoms with Gasteiger partial charge in [-0.05, 0) is 30.3 Å². The van der Waals surface area contributed by atoms with Crippen LogP contribution in [0.25, 0.3) is 5.69 Å². The largest absolute Gasteiger partial charge is 0.285 e. The lowest BCUT2D eigenvalue weighted by Gasteiger charge is -2.09. The van der Waals surface area contributed by atoms with Crippen molar-refractivity contribution >= 4 is 21.6 Å². The lowest BCUT2D eigenvalue weighted by molar-refractivity contribution is 0.578. The van der Waals surface area contributed by atoms with Crippen molar-refractivity contribution in [3.8, 4) is 5.69 Å². The number of hydrogen-bond acceptors (Lipinski definition) is 4. The number of rotatable bonds is 5. The number of hydrogen-bond donors (Lipinski definition) is 1. The molecule has 1 heterocycles. The standard InChI is InChI=1S/C15H13ClN4O2S/c16-12-5-4-8-14(9-12)23(21,22)18-10-15-19-17-11-20(15)13-6-2-1-3-7-13/h1-9,11,18H,10H2. The van der Waals surface area contributed by atoms with Gasteiger partial charge < -0.3 is 0 Å². The molecule has 0 unspecified atom stereocenters.